The number of carbonyl (C=O) groups excluding carboxylic acids is 1. The Balaban J connectivity index is 1.53. The van der Waals surface area contributed by atoms with E-state index in [0.717, 1.165) is 65.0 Å². The third-order valence-corrected chi connectivity index (χ3v) is 5.34. The molecule has 0 aromatic carbocycles. The Bertz CT molecular complexity index is 548. The molecule has 134 valence electrons. The van der Waals surface area contributed by atoms with Crippen LogP contribution in [0.2, 0.25) is 0 Å². The van der Waals surface area contributed by atoms with E-state index >= 15 is 0 Å². The predicted molar refractivity (Wildman–Crippen MR) is 95.6 cm³/mol. The molecular weight excluding hydrogens is 300 g/mol. The summed E-state index contributed by atoms with van der Waals surface area (Å²) in [7, 11) is 0. The molecule has 1 aromatic rings. The van der Waals surface area contributed by atoms with Crippen molar-refractivity contribution in [2.45, 2.75) is 53.0 Å². The van der Waals surface area contributed by atoms with Gasteiger partial charge in [0.1, 0.15) is 0 Å². The molecule has 5 heteroatoms. The molecule has 2 fully saturated rings. The van der Waals surface area contributed by atoms with E-state index < -0.39 is 0 Å². The summed E-state index contributed by atoms with van der Waals surface area (Å²) in [5, 5.41) is 4.26. The smallest absolute Gasteiger partial charge is 0.230 e. The molecule has 0 radical (unpaired) electrons. The highest BCUT2D eigenvalue weighted by atomic mass is 16.2. The van der Waals surface area contributed by atoms with Crippen LogP contribution in [0.15, 0.2) is 18.5 Å². The van der Waals surface area contributed by atoms with E-state index in [4.69, 9.17) is 0 Å². The van der Waals surface area contributed by atoms with Crippen LogP contribution in [-0.2, 0) is 11.3 Å². The lowest BCUT2D eigenvalue weighted by Crippen LogP contribution is -2.52. The van der Waals surface area contributed by atoms with Crippen LogP contribution in [0.4, 0.5) is 0 Å². The van der Waals surface area contributed by atoms with Gasteiger partial charge in [-0.25, -0.2) is 0 Å². The minimum absolute atomic E-state index is 0.102. The van der Waals surface area contributed by atoms with E-state index in [0.29, 0.717) is 5.91 Å². The van der Waals surface area contributed by atoms with Crippen LogP contribution in [-0.4, -0.2) is 58.2 Å². The monoisotopic (exact) mass is 332 g/mol. The van der Waals surface area contributed by atoms with Crippen LogP contribution in [0.25, 0.3) is 0 Å². The van der Waals surface area contributed by atoms with Crippen molar-refractivity contribution in [2.24, 2.45) is 10.8 Å². The highest BCUT2D eigenvalue weighted by Gasteiger charge is 2.48. The molecule has 0 N–H and O–H groups in total. The first-order valence-corrected chi connectivity index (χ1v) is 9.37. The van der Waals surface area contributed by atoms with Crippen molar-refractivity contribution in [3.63, 3.8) is 0 Å². The SMILES string of the molecule is CC(C)(C)CN1CCC[C@@]2(CCN(CCCn3cccn3)C2)C1=O. The Kier molecular flexibility index (Phi) is 5.00. The number of piperidine rings is 1. The molecule has 2 aliphatic rings. The number of hydrogen-bond acceptors (Lipinski definition) is 3. The van der Waals surface area contributed by atoms with Gasteiger partial charge in [-0.3, -0.25) is 9.48 Å². The van der Waals surface area contributed by atoms with Gasteiger partial charge in [0.05, 0.1) is 5.41 Å². The van der Waals surface area contributed by atoms with Crippen LogP contribution >= 0.6 is 0 Å². The highest BCUT2D eigenvalue weighted by Crippen LogP contribution is 2.40. The number of amides is 1. The molecule has 0 aliphatic carbocycles. The fourth-order valence-electron chi connectivity index (χ4n) is 4.29. The molecule has 1 spiro atoms. The summed E-state index contributed by atoms with van der Waals surface area (Å²) in [5.41, 5.74) is 0.0748. The first kappa shape index (κ1) is 17.5. The van der Waals surface area contributed by atoms with Crippen molar-refractivity contribution < 1.29 is 4.79 Å². The quantitative estimate of drug-likeness (QED) is 0.832. The van der Waals surface area contributed by atoms with Crippen molar-refractivity contribution >= 4 is 5.91 Å². The Hall–Kier alpha value is -1.36. The number of nitrogens with zero attached hydrogens (tertiary/aromatic N) is 4. The summed E-state index contributed by atoms with van der Waals surface area (Å²) in [5.74, 6) is 0.415. The third-order valence-electron chi connectivity index (χ3n) is 5.34. The lowest BCUT2D eigenvalue weighted by Gasteiger charge is -2.42. The van der Waals surface area contributed by atoms with Gasteiger partial charge in [0.2, 0.25) is 5.91 Å². The van der Waals surface area contributed by atoms with E-state index in [1.165, 1.54) is 0 Å². The second kappa shape index (κ2) is 6.87. The topological polar surface area (TPSA) is 41.4 Å². The normalized spacial score (nSPS) is 25.8. The number of carbonyl (C=O) groups is 1. The predicted octanol–water partition coefficient (Wildman–Crippen LogP) is 2.63. The van der Waals surface area contributed by atoms with Crippen LogP contribution < -0.4 is 0 Å². The minimum Gasteiger partial charge on any atom is -0.342 e. The second-order valence-electron chi connectivity index (χ2n) is 8.82. The van der Waals surface area contributed by atoms with Gasteiger partial charge in [0, 0.05) is 38.6 Å². The molecule has 3 rings (SSSR count). The zero-order valence-electron chi connectivity index (χ0n) is 15.5. The molecule has 2 aliphatic heterocycles. The molecular formula is C19H32N4O. The van der Waals surface area contributed by atoms with E-state index in [9.17, 15) is 4.79 Å². The average molecular weight is 332 g/mol. The largest absolute Gasteiger partial charge is 0.342 e. The number of aryl methyl sites for hydroxylation is 1. The number of likely N-dealkylation sites (tertiary alicyclic amines) is 2. The summed E-state index contributed by atoms with van der Waals surface area (Å²) in [6.07, 6.45) is 8.20. The number of rotatable bonds is 5. The van der Waals surface area contributed by atoms with Crippen LogP contribution in [0, 0.1) is 10.8 Å². The zero-order valence-corrected chi connectivity index (χ0v) is 15.5. The molecule has 1 amide bonds. The van der Waals surface area contributed by atoms with Crippen molar-refractivity contribution in [1.29, 1.82) is 0 Å². The van der Waals surface area contributed by atoms with Crippen molar-refractivity contribution in [2.75, 3.05) is 32.7 Å². The second-order valence-corrected chi connectivity index (χ2v) is 8.82. The standard InChI is InChI=1S/C19H32N4O/c1-18(2,3)15-22-11-4-7-19(17(22)24)8-14-21(16-19)10-6-13-23-12-5-9-20-23/h5,9,12H,4,6-8,10-11,13-16H2,1-3H3/t19-/m0/s1. The van der Waals surface area contributed by atoms with Gasteiger partial charge in [0.25, 0.3) is 0 Å². The van der Waals surface area contributed by atoms with Gasteiger partial charge in [-0.2, -0.15) is 5.10 Å². The van der Waals surface area contributed by atoms with Gasteiger partial charge < -0.3 is 9.80 Å². The average Bonchev–Trinajstić information content (AvgIpc) is 3.14. The number of aromatic nitrogens is 2. The minimum atomic E-state index is -0.102. The molecule has 24 heavy (non-hydrogen) atoms. The zero-order chi connectivity index (χ0) is 17.2. The maximum absolute atomic E-state index is 13.1. The van der Waals surface area contributed by atoms with Crippen LogP contribution in [0.3, 0.4) is 0 Å². The molecule has 3 heterocycles. The van der Waals surface area contributed by atoms with Crippen molar-refractivity contribution in [1.82, 2.24) is 19.6 Å². The summed E-state index contributed by atoms with van der Waals surface area (Å²) >= 11 is 0. The highest BCUT2D eigenvalue weighted by molar-refractivity contribution is 5.84. The Labute approximate surface area is 146 Å². The van der Waals surface area contributed by atoms with E-state index in [1.807, 2.05) is 23.1 Å². The lowest BCUT2D eigenvalue weighted by atomic mass is 9.77. The summed E-state index contributed by atoms with van der Waals surface area (Å²) in [6, 6.07) is 1.97. The van der Waals surface area contributed by atoms with Gasteiger partial charge in [-0.1, -0.05) is 20.8 Å². The molecule has 1 atom stereocenters. The lowest BCUT2D eigenvalue weighted by molar-refractivity contribution is -0.147. The molecule has 2 saturated heterocycles. The van der Waals surface area contributed by atoms with Gasteiger partial charge in [-0.05, 0) is 50.3 Å². The van der Waals surface area contributed by atoms with Gasteiger partial charge >= 0.3 is 0 Å². The molecule has 5 nitrogen and oxygen atoms in total. The van der Waals surface area contributed by atoms with Gasteiger partial charge in [-0.15, -0.1) is 0 Å². The molecule has 0 saturated carbocycles. The Morgan fingerprint density at radius 1 is 1.21 bits per heavy atom. The maximum Gasteiger partial charge on any atom is 0.230 e. The van der Waals surface area contributed by atoms with E-state index in [1.54, 1.807) is 0 Å². The molecule has 0 bridgehead atoms. The van der Waals surface area contributed by atoms with Crippen molar-refractivity contribution in [3.8, 4) is 0 Å². The van der Waals surface area contributed by atoms with Gasteiger partial charge in [0.15, 0.2) is 0 Å². The third kappa shape index (κ3) is 4.00. The fraction of sp³-hybridized carbons (Fsp3) is 0.789. The molecule has 0 unspecified atom stereocenters. The molecule has 1 aromatic heterocycles. The Morgan fingerprint density at radius 2 is 2.04 bits per heavy atom. The Morgan fingerprint density at radius 3 is 2.75 bits per heavy atom. The maximum atomic E-state index is 13.1. The van der Waals surface area contributed by atoms with Crippen molar-refractivity contribution in [3.05, 3.63) is 18.5 Å². The van der Waals surface area contributed by atoms with E-state index in [2.05, 4.69) is 35.7 Å². The first-order valence-electron chi connectivity index (χ1n) is 9.37. The van der Waals surface area contributed by atoms with E-state index in [-0.39, 0.29) is 10.8 Å². The number of hydrogen-bond donors (Lipinski definition) is 0. The summed E-state index contributed by atoms with van der Waals surface area (Å²) in [4.78, 5) is 17.7. The summed E-state index contributed by atoms with van der Waals surface area (Å²) < 4.78 is 1.99. The fourth-order valence-corrected chi connectivity index (χ4v) is 4.29. The first-order chi connectivity index (χ1) is 11.4. The summed E-state index contributed by atoms with van der Waals surface area (Å²) in [6.45, 7) is 12.5. The van der Waals surface area contributed by atoms with Crippen LogP contribution in [0.1, 0.15) is 46.5 Å². The van der Waals surface area contributed by atoms with Crippen LogP contribution in [0.5, 0.6) is 0 Å².